The Bertz CT molecular complexity index is 1220. The van der Waals surface area contributed by atoms with Gasteiger partial charge in [-0.25, -0.2) is 4.39 Å². The Kier molecular flexibility index (Phi) is 9.16. The van der Waals surface area contributed by atoms with Crippen LogP contribution in [0.3, 0.4) is 0 Å². The van der Waals surface area contributed by atoms with Gasteiger partial charge < -0.3 is 15.6 Å². The number of halogens is 1. The second-order valence-electron chi connectivity index (χ2n) is 8.67. The number of aromatic amines is 1. The Morgan fingerprint density at radius 2 is 1.74 bits per heavy atom. The monoisotopic (exact) mass is 476 g/mol. The maximum atomic E-state index is 13.7. The minimum atomic E-state index is -0.189. The molecule has 35 heavy (non-hydrogen) atoms. The summed E-state index contributed by atoms with van der Waals surface area (Å²) in [5.41, 5.74) is 9.95. The molecular weight excluding hydrogens is 435 g/mol. The molecule has 0 spiro atoms. The molecule has 4 N–H and O–H groups in total. The lowest BCUT2D eigenvalue weighted by molar-refractivity contribution is 0.525. The number of allylic oxidation sites excluding steroid dienone is 1. The first-order chi connectivity index (χ1) is 17.0. The highest BCUT2D eigenvalue weighted by atomic mass is 19.1. The van der Waals surface area contributed by atoms with Crippen molar-refractivity contribution in [2.45, 2.75) is 67.3 Å². The van der Waals surface area contributed by atoms with Gasteiger partial charge in [-0.2, -0.15) is 0 Å². The van der Waals surface area contributed by atoms with E-state index in [0.29, 0.717) is 6.67 Å². The zero-order valence-corrected chi connectivity index (χ0v) is 22.3. The Hall–Kier alpha value is -3.05. The van der Waals surface area contributed by atoms with Crippen LogP contribution < -0.4 is 16.0 Å². The predicted octanol–water partition coefficient (Wildman–Crippen LogP) is 6.63. The molecule has 1 atom stereocenters. The normalized spacial score (nSPS) is 16.5. The van der Waals surface area contributed by atoms with Crippen molar-refractivity contribution in [1.82, 2.24) is 20.9 Å². The van der Waals surface area contributed by atoms with Crippen LogP contribution in [0.2, 0.25) is 0 Å². The lowest BCUT2D eigenvalue weighted by atomic mass is 10.0. The highest BCUT2D eigenvalue weighted by molar-refractivity contribution is 5.90. The van der Waals surface area contributed by atoms with Gasteiger partial charge in [-0.15, -0.1) is 0 Å². The Morgan fingerprint density at radius 1 is 1.00 bits per heavy atom. The van der Waals surface area contributed by atoms with E-state index < -0.39 is 0 Å². The number of benzene rings is 2. The summed E-state index contributed by atoms with van der Waals surface area (Å²) in [4.78, 5) is 3.59. The molecule has 1 aliphatic carbocycles. The number of rotatable bonds is 5. The minimum absolute atomic E-state index is 0.189. The molecule has 0 radical (unpaired) electrons. The van der Waals surface area contributed by atoms with Crippen molar-refractivity contribution in [3.8, 4) is 0 Å². The van der Waals surface area contributed by atoms with E-state index in [0.717, 1.165) is 30.8 Å². The van der Waals surface area contributed by atoms with Gasteiger partial charge in [0, 0.05) is 23.1 Å². The van der Waals surface area contributed by atoms with Crippen LogP contribution in [0.15, 0.2) is 53.9 Å². The van der Waals surface area contributed by atoms with E-state index in [-0.39, 0.29) is 11.9 Å². The van der Waals surface area contributed by atoms with E-state index in [1.807, 2.05) is 33.8 Å². The van der Waals surface area contributed by atoms with Gasteiger partial charge in [0.1, 0.15) is 11.6 Å². The van der Waals surface area contributed by atoms with E-state index in [1.165, 1.54) is 50.5 Å². The molecule has 0 saturated carbocycles. The molecule has 1 aromatic heterocycles. The molecule has 5 rings (SSSR count). The van der Waals surface area contributed by atoms with Crippen molar-refractivity contribution >= 4 is 16.5 Å². The number of H-pyrrole nitrogens is 1. The summed E-state index contributed by atoms with van der Waals surface area (Å²) < 4.78 is 13.7. The molecule has 4 nitrogen and oxygen atoms in total. The van der Waals surface area contributed by atoms with E-state index in [2.05, 4.69) is 59.9 Å². The van der Waals surface area contributed by atoms with Gasteiger partial charge in [0.15, 0.2) is 0 Å². The van der Waals surface area contributed by atoms with Crippen molar-refractivity contribution in [2.24, 2.45) is 0 Å². The number of nitrogens with one attached hydrogen (secondary N) is 4. The quantitative estimate of drug-likeness (QED) is 0.334. The van der Waals surface area contributed by atoms with Crippen molar-refractivity contribution in [2.75, 3.05) is 13.2 Å². The Morgan fingerprint density at radius 3 is 2.49 bits per heavy atom. The minimum Gasteiger partial charge on any atom is -0.372 e. The van der Waals surface area contributed by atoms with Crippen LogP contribution >= 0.6 is 0 Å². The van der Waals surface area contributed by atoms with Crippen LogP contribution in [0.4, 0.5) is 4.39 Å². The molecular formula is C30H41FN4. The Labute approximate surface area is 210 Å². The van der Waals surface area contributed by atoms with Gasteiger partial charge in [0.25, 0.3) is 0 Å². The maximum absolute atomic E-state index is 13.7. The van der Waals surface area contributed by atoms with E-state index in [9.17, 15) is 4.39 Å². The molecule has 0 bridgehead atoms. The largest absolute Gasteiger partial charge is 0.372 e. The molecule has 2 heterocycles. The van der Waals surface area contributed by atoms with Gasteiger partial charge in [-0.05, 0) is 79.1 Å². The first kappa shape index (κ1) is 26.6. The van der Waals surface area contributed by atoms with Crippen molar-refractivity contribution in [3.63, 3.8) is 0 Å². The summed E-state index contributed by atoms with van der Waals surface area (Å²) in [6.45, 7) is 16.1. The van der Waals surface area contributed by atoms with Crippen molar-refractivity contribution in [3.05, 3.63) is 87.6 Å². The topological polar surface area (TPSA) is 51.9 Å². The highest BCUT2D eigenvalue weighted by Gasteiger charge is 2.28. The lowest BCUT2D eigenvalue weighted by Crippen LogP contribution is -2.46. The van der Waals surface area contributed by atoms with Crippen LogP contribution in [0.5, 0.6) is 0 Å². The fraction of sp³-hybridized carbons (Fsp3) is 0.400. The van der Waals surface area contributed by atoms with E-state index in [4.69, 9.17) is 0 Å². The number of aromatic nitrogens is 1. The van der Waals surface area contributed by atoms with Gasteiger partial charge in [0.05, 0.1) is 12.7 Å². The van der Waals surface area contributed by atoms with Crippen LogP contribution in [-0.2, 0) is 6.42 Å². The van der Waals surface area contributed by atoms with Crippen LogP contribution in [0, 0.1) is 26.6 Å². The summed E-state index contributed by atoms with van der Waals surface area (Å²) in [5, 5.41) is 12.0. The first-order valence-electron chi connectivity index (χ1n) is 13.0. The number of fused-ring (bicyclic) bond motifs is 2. The van der Waals surface area contributed by atoms with Crippen molar-refractivity contribution < 1.29 is 4.39 Å². The van der Waals surface area contributed by atoms with E-state index in [1.54, 1.807) is 12.1 Å². The second-order valence-corrected chi connectivity index (χ2v) is 8.67. The van der Waals surface area contributed by atoms with Gasteiger partial charge in [-0.1, -0.05) is 58.0 Å². The molecule has 1 aliphatic heterocycles. The molecule has 5 heteroatoms. The number of hydrogen-bond acceptors (Lipinski definition) is 3. The van der Waals surface area contributed by atoms with Gasteiger partial charge in [-0.3, -0.25) is 5.32 Å². The van der Waals surface area contributed by atoms with Crippen LogP contribution in [-0.4, -0.2) is 24.2 Å². The molecule has 1 unspecified atom stereocenters. The summed E-state index contributed by atoms with van der Waals surface area (Å²) >= 11 is 0. The van der Waals surface area contributed by atoms with Crippen molar-refractivity contribution in [1.29, 1.82) is 0 Å². The predicted molar refractivity (Wildman–Crippen MR) is 148 cm³/mol. The summed E-state index contributed by atoms with van der Waals surface area (Å²) in [6, 6.07) is 11.5. The third-order valence-corrected chi connectivity index (χ3v) is 6.59. The average Bonchev–Trinajstić information content (AvgIpc) is 3.47. The zero-order valence-electron chi connectivity index (χ0n) is 22.3. The first-order valence-corrected chi connectivity index (χ1v) is 13.0. The summed E-state index contributed by atoms with van der Waals surface area (Å²) in [6.07, 6.45) is 4.00. The molecule has 3 aromatic rings. The summed E-state index contributed by atoms with van der Waals surface area (Å²) in [7, 11) is 0. The smallest absolute Gasteiger partial charge is 0.123 e. The zero-order chi connectivity index (χ0) is 25.5. The second kappa shape index (κ2) is 12.1. The molecule has 2 aromatic carbocycles. The molecule has 0 amide bonds. The molecule has 0 saturated heterocycles. The third kappa shape index (κ3) is 5.62. The molecule has 2 aliphatic rings. The van der Waals surface area contributed by atoms with Gasteiger partial charge >= 0.3 is 0 Å². The van der Waals surface area contributed by atoms with E-state index >= 15 is 0 Å². The third-order valence-electron chi connectivity index (χ3n) is 6.59. The number of aryl methyl sites for hydroxylation is 3. The maximum Gasteiger partial charge on any atom is 0.123 e. The molecule has 0 fully saturated rings. The standard InChI is InChI=1S/C26H29FN4.2C2H6/c1-15-7-8-16(2)25-24(15)21(17(3)31-25)9-10-28-26-22-12-19(13-23(22)29-14-30-26)18-5-4-6-20(27)11-18;2*1-2/h4-8,11,13,23,28-31H,9-10,12,14H2,1-3H3;2*1-2H3. The number of hydrogen-bond donors (Lipinski definition) is 4. The average molecular weight is 477 g/mol. The SMILES string of the molecule is CC.CC.Cc1[nH]c2c(C)ccc(C)c2c1CCNC1=C2CC(c3cccc(F)c3)=CC2NCN1. The fourth-order valence-electron chi connectivity index (χ4n) is 4.96. The van der Waals surface area contributed by atoms with Crippen LogP contribution in [0.1, 0.15) is 62.1 Å². The Balaban J connectivity index is 0.000000815. The lowest BCUT2D eigenvalue weighted by Gasteiger charge is -2.27. The fourth-order valence-corrected chi connectivity index (χ4v) is 4.96. The van der Waals surface area contributed by atoms with Crippen LogP contribution in [0.25, 0.3) is 16.5 Å². The highest BCUT2D eigenvalue weighted by Crippen LogP contribution is 2.34. The summed E-state index contributed by atoms with van der Waals surface area (Å²) in [5.74, 6) is 0.920. The van der Waals surface area contributed by atoms with Gasteiger partial charge in [0.2, 0.25) is 0 Å². The molecule has 188 valence electrons.